The first-order valence-electron chi connectivity index (χ1n) is 11.7. The number of unbranched alkanes of at least 4 members (excludes halogenated alkanes) is 1. The summed E-state index contributed by atoms with van der Waals surface area (Å²) >= 11 is 0. The first kappa shape index (κ1) is 21.5. The molecule has 5 heteroatoms. The van der Waals surface area contributed by atoms with Gasteiger partial charge in [0.1, 0.15) is 0 Å². The number of benzene rings is 1. The molecule has 0 spiro atoms. The quantitative estimate of drug-likeness (QED) is 0.510. The number of carbonyl (C=O) groups is 2. The molecule has 2 aliphatic heterocycles. The van der Waals surface area contributed by atoms with Crippen molar-refractivity contribution in [2.45, 2.75) is 53.0 Å². The van der Waals surface area contributed by atoms with Crippen LogP contribution in [0.5, 0.6) is 0 Å². The van der Waals surface area contributed by atoms with Gasteiger partial charge in [0.15, 0.2) is 0 Å². The highest BCUT2D eigenvalue weighted by atomic mass is 16.2. The van der Waals surface area contributed by atoms with Gasteiger partial charge < -0.3 is 4.90 Å². The number of rotatable bonds is 7. The molecule has 3 aliphatic rings. The second-order valence-corrected chi connectivity index (χ2v) is 10.3. The van der Waals surface area contributed by atoms with Gasteiger partial charge in [-0.25, -0.2) is 0 Å². The summed E-state index contributed by atoms with van der Waals surface area (Å²) < 4.78 is 0. The van der Waals surface area contributed by atoms with Crippen molar-refractivity contribution in [1.82, 2.24) is 14.7 Å². The summed E-state index contributed by atoms with van der Waals surface area (Å²) in [6.07, 6.45) is 3.66. The van der Waals surface area contributed by atoms with Gasteiger partial charge in [-0.15, -0.1) is 0 Å². The smallest absolute Gasteiger partial charge is 0.235 e. The van der Waals surface area contributed by atoms with Crippen molar-refractivity contribution >= 4 is 11.8 Å². The normalized spacial score (nSPS) is 29.6. The Bertz CT molecular complexity index is 770. The Morgan fingerprint density at radius 3 is 2.23 bits per heavy atom. The van der Waals surface area contributed by atoms with E-state index in [1.807, 2.05) is 0 Å². The summed E-state index contributed by atoms with van der Waals surface area (Å²) in [5.41, 5.74) is 0.797. The Balaban J connectivity index is 1.19. The first-order chi connectivity index (χ1) is 14.3. The topological polar surface area (TPSA) is 43.9 Å². The Labute approximate surface area is 181 Å². The van der Waals surface area contributed by atoms with E-state index in [2.05, 4.69) is 60.9 Å². The molecule has 4 rings (SSSR count). The third kappa shape index (κ3) is 3.82. The van der Waals surface area contributed by atoms with Gasteiger partial charge in [0.05, 0.1) is 5.41 Å². The van der Waals surface area contributed by atoms with Crippen molar-refractivity contribution < 1.29 is 9.59 Å². The number of piperidine rings is 1. The van der Waals surface area contributed by atoms with Crippen molar-refractivity contribution in [3.05, 3.63) is 35.9 Å². The molecule has 30 heavy (non-hydrogen) atoms. The highest BCUT2D eigenvalue weighted by molar-refractivity contribution is 6.03. The van der Waals surface area contributed by atoms with Crippen molar-refractivity contribution in [1.29, 1.82) is 0 Å². The molecule has 0 N–H and O–H groups in total. The van der Waals surface area contributed by atoms with E-state index in [4.69, 9.17) is 0 Å². The largest absolute Gasteiger partial charge is 0.301 e. The van der Waals surface area contributed by atoms with Gasteiger partial charge in [0.2, 0.25) is 11.8 Å². The molecule has 0 unspecified atom stereocenters. The van der Waals surface area contributed by atoms with Crippen LogP contribution in [0.15, 0.2) is 30.3 Å². The Morgan fingerprint density at radius 2 is 1.53 bits per heavy atom. The summed E-state index contributed by atoms with van der Waals surface area (Å²) in [6.45, 7) is 13.4. The second-order valence-electron chi connectivity index (χ2n) is 10.3. The predicted molar refractivity (Wildman–Crippen MR) is 119 cm³/mol. The number of carbonyl (C=O) groups excluding carboxylic acids is 2. The number of imide groups is 1. The Kier molecular flexibility index (Phi) is 6.04. The van der Waals surface area contributed by atoms with E-state index in [0.717, 1.165) is 65.0 Å². The Hall–Kier alpha value is -1.72. The number of hydrogen-bond donors (Lipinski definition) is 0. The van der Waals surface area contributed by atoms with Crippen LogP contribution in [-0.4, -0.2) is 65.8 Å². The molecule has 2 atom stereocenters. The molecule has 1 aliphatic carbocycles. The third-order valence-corrected chi connectivity index (χ3v) is 8.33. The lowest BCUT2D eigenvalue weighted by Gasteiger charge is -2.47. The summed E-state index contributed by atoms with van der Waals surface area (Å²) in [7, 11) is 0. The fourth-order valence-electron chi connectivity index (χ4n) is 5.73. The maximum absolute atomic E-state index is 13.1. The van der Waals surface area contributed by atoms with E-state index in [1.54, 1.807) is 4.90 Å². The van der Waals surface area contributed by atoms with Crippen LogP contribution < -0.4 is 0 Å². The van der Waals surface area contributed by atoms with Crippen molar-refractivity contribution in [2.24, 2.45) is 16.7 Å². The predicted octanol–water partition coefficient (Wildman–Crippen LogP) is 3.40. The molecule has 164 valence electrons. The van der Waals surface area contributed by atoms with Crippen molar-refractivity contribution in [2.75, 3.05) is 39.3 Å². The van der Waals surface area contributed by atoms with Crippen molar-refractivity contribution in [3.8, 4) is 0 Å². The first-order valence-corrected chi connectivity index (χ1v) is 11.7. The molecule has 5 nitrogen and oxygen atoms in total. The SMILES string of the molecule is CC1(C)[C@H]2CC[C@]1(C)C(=O)N(CCCCN1CCN(Cc3ccccc3)CC1)C2=O. The van der Waals surface area contributed by atoms with E-state index in [0.29, 0.717) is 6.54 Å². The summed E-state index contributed by atoms with van der Waals surface area (Å²) in [5.74, 6) is 0.160. The lowest BCUT2D eigenvalue weighted by Crippen LogP contribution is -2.59. The highest BCUT2D eigenvalue weighted by Crippen LogP contribution is 2.60. The number of hydrogen-bond acceptors (Lipinski definition) is 4. The van der Waals surface area contributed by atoms with Gasteiger partial charge in [0.25, 0.3) is 0 Å². The molecule has 3 fully saturated rings. The van der Waals surface area contributed by atoms with E-state index in [9.17, 15) is 9.59 Å². The average molecular weight is 412 g/mol. The van der Waals surface area contributed by atoms with E-state index in [-0.39, 0.29) is 28.6 Å². The maximum atomic E-state index is 13.1. The molecule has 1 aromatic carbocycles. The number of nitrogens with zero attached hydrogens (tertiary/aromatic N) is 3. The maximum Gasteiger partial charge on any atom is 0.235 e. The van der Waals surface area contributed by atoms with E-state index >= 15 is 0 Å². The minimum atomic E-state index is -0.374. The van der Waals surface area contributed by atoms with Gasteiger partial charge in [-0.3, -0.25) is 19.4 Å². The highest BCUT2D eigenvalue weighted by Gasteiger charge is 2.64. The fraction of sp³-hybridized carbons (Fsp3) is 0.680. The molecular weight excluding hydrogens is 374 g/mol. The van der Waals surface area contributed by atoms with Crippen LogP contribution in [-0.2, 0) is 16.1 Å². The van der Waals surface area contributed by atoms with Crippen LogP contribution in [0.4, 0.5) is 0 Å². The van der Waals surface area contributed by atoms with E-state index < -0.39 is 0 Å². The molecule has 2 bridgehead atoms. The van der Waals surface area contributed by atoms with Gasteiger partial charge >= 0.3 is 0 Å². The fourth-order valence-corrected chi connectivity index (χ4v) is 5.73. The average Bonchev–Trinajstić information content (AvgIpc) is 2.93. The van der Waals surface area contributed by atoms with Gasteiger partial charge in [-0.2, -0.15) is 0 Å². The summed E-state index contributed by atoms with van der Waals surface area (Å²) in [6, 6.07) is 10.7. The molecule has 0 aromatic heterocycles. The third-order valence-electron chi connectivity index (χ3n) is 8.33. The molecule has 0 radical (unpaired) electrons. The van der Waals surface area contributed by atoms with Crippen molar-refractivity contribution in [3.63, 3.8) is 0 Å². The molecule has 2 amide bonds. The molecular formula is C25H37N3O2. The summed E-state index contributed by atoms with van der Waals surface area (Å²) in [4.78, 5) is 32.7. The zero-order chi connectivity index (χ0) is 21.4. The minimum absolute atomic E-state index is 0.0119. The molecule has 1 saturated carbocycles. The summed E-state index contributed by atoms with van der Waals surface area (Å²) in [5, 5.41) is 0. The van der Waals surface area contributed by atoms with Crippen LogP contribution in [0.25, 0.3) is 0 Å². The Morgan fingerprint density at radius 1 is 0.900 bits per heavy atom. The molecule has 1 aromatic rings. The number of likely N-dealkylation sites (tertiary alicyclic amines) is 1. The lowest BCUT2D eigenvalue weighted by molar-refractivity contribution is -0.167. The lowest BCUT2D eigenvalue weighted by atomic mass is 9.62. The van der Waals surface area contributed by atoms with Crippen LogP contribution in [0.3, 0.4) is 0 Å². The van der Waals surface area contributed by atoms with Crippen LogP contribution in [0, 0.1) is 16.7 Å². The van der Waals surface area contributed by atoms with Crippen LogP contribution in [0.1, 0.15) is 52.0 Å². The number of fused-ring (bicyclic) bond motifs is 2. The van der Waals surface area contributed by atoms with Gasteiger partial charge in [0, 0.05) is 45.2 Å². The van der Waals surface area contributed by atoms with E-state index in [1.165, 1.54) is 5.56 Å². The van der Waals surface area contributed by atoms with Crippen LogP contribution in [0.2, 0.25) is 0 Å². The minimum Gasteiger partial charge on any atom is -0.301 e. The molecule has 2 heterocycles. The molecule has 2 saturated heterocycles. The zero-order valence-corrected chi connectivity index (χ0v) is 18.9. The number of amides is 2. The standard InChI is InChI=1S/C25H37N3O2/c1-24(2)21-11-12-25(24,3)23(30)28(22(21)29)14-8-7-13-26-15-17-27(18-16-26)19-20-9-5-4-6-10-20/h4-6,9-10,21H,7-8,11-19H2,1-3H3/t21-,25+/m0/s1. The van der Waals surface area contributed by atoms with Crippen LogP contribution >= 0.6 is 0 Å². The number of piperazine rings is 1. The van der Waals surface area contributed by atoms with Gasteiger partial charge in [-0.05, 0) is 43.2 Å². The van der Waals surface area contributed by atoms with Gasteiger partial charge in [-0.1, -0.05) is 51.1 Å². The second kappa shape index (κ2) is 8.43. The monoisotopic (exact) mass is 411 g/mol. The zero-order valence-electron chi connectivity index (χ0n) is 18.9.